The van der Waals surface area contributed by atoms with Crippen LogP contribution in [0.3, 0.4) is 0 Å². The number of ether oxygens (including phenoxy) is 1. The van der Waals surface area contributed by atoms with Gasteiger partial charge in [0.1, 0.15) is 11.8 Å². The zero-order valence-corrected chi connectivity index (χ0v) is 11.3. The lowest BCUT2D eigenvalue weighted by atomic mass is 10.0. The van der Waals surface area contributed by atoms with Gasteiger partial charge in [-0.3, -0.25) is 9.69 Å². The van der Waals surface area contributed by atoms with Crippen LogP contribution in [0.15, 0.2) is 24.3 Å². The zero-order chi connectivity index (χ0) is 13.7. The van der Waals surface area contributed by atoms with Crippen LogP contribution in [0.1, 0.15) is 25.3 Å². The third-order valence-corrected chi connectivity index (χ3v) is 3.50. The summed E-state index contributed by atoms with van der Waals surface area (Å²) >= 11 is 0. The third-order valence-electron chi connectivity index (χ3n) is 3.50. The summed E-state index contributed by atoms with van der Waals surface area (Å²) in [5, 5.41) is 9.39. The largest absolute Gasteiger partial charge is 0.494 e. The summed E-state index contributed by atoms with van der Waals surface area (Å²) in [7, 11) is 0. The van der Waals surface area contributed by atoms with Crippen molar-refractivity contribution >= 4 is 5.97 Å². The van der Waals surface area contributed by atoms with Crippen molar-refractivity contribution < 1.29 is 14.6 Å². The maximum atomic E-state index is 11.4. The fourth-order valence-electron chi connectivity index (χ4n) is 2.58. The highest BCUT2D eigenvalue weighted by Crippen LogP contribution is 2.19. The molecule has 0 aliphatic carbocycles. The van der Waals surface area contributed by atoms with E-state index in [1.54, 1.807) is 0 Å². The Bertz CT molecular complexity index is 427. The van der Waals surface area contributed by atoms with Crippen LogP contribution in [-0.2, 0) is 11.2 Å². The van der Waals surface area contributed by atoms with Crippen LogP contribution in [0.2, 0.25) is 0 Å². The number of aliphatic carboxylic acids is 1. The van der Waals surface area contributed by atoms with Gasteiger partial charge in [0.25, 0.3) is 0 Å². The minimum Gasteiger partial charge on any atom is -0.494 e. The molecule has 0 radical (unpaired) electrons. The molecule has 1 heterocycles. The molecule has 104 valence electrons. The lowest BCUT2D eigenvalue weighted by Gasteiger charge is -2.23. The number of rotatable bonds is 6. The average molecular weight is 263 g/mol. The highest BCUT2D eigenvalue weighted by molar-refractivity contribution is 5.74. The van der Waals surface area contributed by atoms with Crippen molar-refractivity contribution in [3.05, 3.63) is 29.8 Å². The topological polar surface area (TPSA) is 49.8 Å². The number of carboxylic acids is 1. The quantitative estimate of drug-likeness (QED) is 0.854. The SMILES string of the molecule is CCOc1cccc(CC(C(=O)O)N2CCCC2)c1. The van der Waals surface area contributed by atoms with E-state index >= 15 is 0 Å². The van der Waals surface area contributed by atoms with Gasteiger partial charge >= 0.3 is 5.97 Å². The predicted molar refractivity (Wildman–Crippen MR) is 73.5 cm³/mol. The van der Waals surface area contributed by atoms with Gasteiger partial charge in [-0.15, -0.1) is 0 Å². The Labute approximate surface area is 114 Å². The molecule has 1 aliphatic rings. The van der Waals surface area contributed by atoms with Gasteiger partial charge in [0.2, 0.25) is 0 Å². The summed E-state index contributed by atoms with van der Waals surface area (Å²) in [6.45, 7) is 4.35. The number of benzene rings is 1. The highest BCUT2D eigenvalue weighted by Gasteiger charge is 2.27. The first-order valence-corrected chi connectivity index (χ1v) is 6.89. The van der Waals surface area contributed by atoms with Gasteiger partial charge in [-0.2, -0.15) is 0 Å². The Morgan fingerprint density at radius 1 is 1.42 bits per heavy atom. The van der Waals surface area contributed by atoms with E-state index in [1.165, 1.54) is 0 Å². The van der Waals surface area contributed by atoms with E-state index in [0.717, 1.165) is 37.2 Å². The highest BCUT2D eigenvalue weighted by atomic mass is 16.5. The minimum atomic E-state index is -0.733. The second kappa shape index (κ2) is 6.57. The third kappa shape index (κ3) is 3.70. The molecule has 0 aromatic heterocycles. The van der Waals surface area contributed by atoms with Crippen molar-refractivity contribution in [1.29, 1.82) is 0 Å². The molecule has 2 rings (SSSR count). The average Bonchev–Trinajstić information content (AvgIpc) is 2.90. The first-order chi connectivity index (χ1) is 9.20. The number of carbonyl (C=O) groups is 1. The monoisotopic (exact) mass is 263 g/mol. The molecule has 19 heavy (non-hydrogen) atoms. The fourth-order valence-corrected chi connectivity index (χ4v) is 2.58. The van der Waals surface area contributed by atoms with E-state index in [1.807, 2.05) is 31.2 Å². The van der Waals surface area contributed by atoms with Crippen LogP contribution in [0.4, 0.5) is 0 Å². The molecule has 1 saturated heterocycles. The summed E-state index contributed by atoms with van der Waals surface area (Å²) in [4.78, 5) is 13.5. The van der Waals surface area contributed by atoms with Gasteiger partial charge in [0, 0.05) is 0 Å². The molecule has 0 bridgehead atoms. The van der Waals surface area contributed by atoms with Gasteiger partial charge in [0.15, 0.2) is 0 Å². The van der Waals surface area contributed by atoms with E-state index in [0.29, 0.717) is 13.0 Å². The standard InChI is InChI=1S/C15H21NO3/c1-2-19-13-7-5-6-12(10-13)11-14(15(17)18)16-8-3-4-9-16/h5-7,10,14H,2-4,8-9,11H2,1H3,(H,17,18). The number of carboxylic acid groups (broad SMARTS) is 1. The maximum Gasteiger partial charge on any atom is 0.321 e. The smallest absolute Gasteiger partial charge is 0.321 e. The normalized spacial score (nSPS) is 17.3. The van der Waals surface area contributed by atoms with Crippen molar-refractivity contribution in [2.75, 3.05) is 19.7 Å². The first-order valence-electron chi connectivity index (χ1n) is 6.89. The number of likely N-dealkylation sites (tertiary alicyclic amines) is 1. The van der Waals surface area contributed by atoms with Crippen LogP contribution in [0.25, 0.3) is 0 Å². The predicted octanol–water partition coefficient (Wildman–Crippen LogP) is 2.18. The molecule has 1 fully saturated rings. The second-order valence-electron chi connectivity index (χ2n) is 4.88. The molecule has 1 aromatic carbocycles. The molecule has 1 unspecified atom stereocenters. The van der Waals surface area contributed by atoms with Crippen LogP contribution in [0.5, 0.6) is 5.75 Å². The molecule has 1 aliphatic heterocycles. The van der Waals surface area contributed by atoms with E-state index < -0.39 is 12.0 Å². The van der Waals surface area contributed by atoms with Gasteiger partial charge < -0.3 is 9.84 Å². The van der Waals surface area contributed by atoms with Crippen LogP contribution in [0, 0.1) is 0 Å². The Balaban J connectivity index is 2.07. The second-order valence-corrected chi connectivity index (χ2v) is 4.88. The maximum absolute atomic E-state index is 11.4. The zero-order valence-electron chi connectivity index (χ0n) is 11.3. The molecular weight excluding hydrogens is 242 g/mol. The Morgan fingerprint density at radius 3 is 2.79 bits per heavy atom. The number of nitrogens with zero attached hydrogens (tertiary/aromatic N) is 1. The summed E-state index contributed by atoms with van der Waals surface area (Å²) in [5.41, 5.74) is 1.02. The van der Waals surface area contributed by atoms with Crippen molar-refractivity contribution in [3.63, 3.8) is 0 Å². The summed E-state index contributed by atoms with van der Waals surface area (Å²) < 4.78 is 5.45. The Hall–Kier alpha value is -1.55. The summed E-state index contributed by atoms with van der Waals surface area (Å²) in [6, 6.07) is 7.31. The molecular formula is C15H21NO3. The number of hydrogen-bond acceptors (Lipinski definition) is 3. The van der Waals surface area contributed by atoms with E-state index in [4.69, 9.17) is 4.74 Å². The Morgan fingerprint density at radius 2 is 2.16 bits per heavy atom. The fraction of sp³-hybridized carbons (Fsp3) is 0.533. The Kier molecular flexibility index (Phi) is 4.80. The molecule has 1 atom stereocenters. The van der Waals surface area contributed by atoms with Crippen molar-refractivity contribution in [2.45, 2.75) is 32.2 Å². The van der Waals surface area contributed by atoms with E-state index in [9.17, 15) is 9.90 Å². The summed E-state index contributed by atoms with van der Waals surface area (Å²) in [6.07, 6.45) is 2.74. The molecule has 4 heteroatoms. The lowest BCUT2D eigenvalue weighted by Crippen LogP contribution is -2.40. The first kappa shape index (κ1) is 13.9. The molecule has 4 nitrogen and oxygen atoms in total. The van der Waals surface area contributed by atoms with Crippen LogP contribution >= 0.6 is 0 Å². The van der Waals surface area contributed by atoms with Gasteiger partial charge in [-0.05, 0) is 57.0 Å². The lowest BCUT2D eigenvalue weighted by molar-refractivity contribution is -0.142. The number of hydrogen-bond donors (Lipinski definition) is 1. The van der Waals surface area contributed by atoms with Crippen LogP contribution < -0.4 is 4.74 Å². The van der Waals surface area contributed by atoms with Crippen molar-refractivity contribution in [1.82, 2.24) is 4.90 Å². The van der Waals surface area contributed by atoms with E-state index in [2.05, 4.69) is 4.90 Å². The minimum absolute atomic E-state index is 0.417. The van der Waals surface area contributed by atoms with Crippen molar-refractivity contribution in [2.24, 2.45) is 0 Å². The molecule has 0 spiro atoms. The molecule has 0 amide bonds. The van der Waals surface area contributed by atoms with Gasteiger partial charge in [-0.25, -0.2) is 0 Å². The molecule has 1 aromatic rings. The van der Waals surface area contributed by atoms with Gasteiger partial charge in [-0.1, -0.05) is 12.1 Å². The van der Waals surface area contributed by atoms with Crippen LogP contribution in [-0.4, -0.2) is 41.7 Å². The molecule has 0 saturated carbocycles. The van der Waals surface area contributed by atoms with E-state index in [-0.39, 0.29) is 0 Å². The summed E-state index contributed by atoms with van der Waals surface area (Å²) in [5.74, 6) is 0.0780. The molecule has 1 N–H and O–H groups in total. The van der Waals surface area contributed by atoms with Crippen molar-refractivity contribution in [3.8, 4) is 5.75 Å². The van der Waals surface area contributed by atoms with Gasteiger partial charge in [0.05, 0.1) is 6.61 Å².